The van der Waals surface area contributed by atoms with Crippen LogP contribution >= 0.6 is 0 Å². The predicted molar refractivity (Wildman–Crippen MR) is 80.0 cm³/mol. The van der Waals surface area contributed by atoms with Crippen LogP contribution < -0.4 is 16.0 Å². The van der Waals surface area contributed by atoms with E-state index in [1.165, 1.54) is 0 Å². The van der Waals surface area contributed by atoms with Crippen molar-refractivity contribution in [2.75, 3.05) is 6.61 Å². The lowest BCUT2D eigenvalue weighted by atomic mass is 10.1. The molecule has 4 nitrogen and oxygen atoms in total. The molecule has 106 valence electrons. The molecule has 0 unspecified atom stereocenters. The fourth-order valence-electron chi connectivity index (χ4n) is 2.02. The number of aromatic nitrogens is 1. The van der Waals surface area contributed by atoms with E-state index in [1.807, 2.05) is 38.1 Å². The molecule has 0 amide bonds. The van der Waals surface area contributed by atoms with Gasteiger partial charge in [-0.1, -0.05) is 18.2 Å². The number of ether oxygens (including phenoxy) is 1. The summed E-state index contributed by atoms with van der Waals surface area (Å²) < 4.78 is 7.36. The molecule has 2 N–H and O–H groups in total. The van der Waals surface area contributed by atoms with Crippen molar-refractivity contribution in [2.45, 2.75) is 26.4 Å². The largest absolute Gasteiger partial charge is 0.491 e. The zero-order chi connectivity index (χ0) is 14.5. The van der Waals surface area contributed by atoms with Crippen LogP contribution in [0.1, 0.15) is 24.1 Å². The summed E-state index contributed by atoms with van der Waals surface area (Å²) in [5.41, 5.74) is 7.98. The molecule has 4 heteroatoms. The van der Waals surface area contributed by atoms with Gasteiger partial charge in [0.1, 0.15) is 12.4 Å². The van der Waals surface area contributed by atoms with Gasteiger partial charge in [-0.2, -0.15) is 0 Å². The number of benzene rings is 1. The quantitative estimate of drug-likeness (QED) is 0.908. The van der Waals surface area contributed by atoms with Crippen LogP contribution in [-0.2, 0) is 6.54 Å². The molecule has 1 heterocycles. The van der Waals surface area contributed by atoms with Crippen LogP contribution in [0.4, 0.5) is 0 Å². The minimum Gasteiger partial charge on any atom is -0.491 e. The van der Waals surface area contributed by atoms with E-state index in [0.717, 1.165) is 16.9 Å². The third-order valence-electron chi connectivity index (χ3n) is 3.21. The first kappa shape index (κ1) is 14.3. The average Bonchev–Trinajstić information content (AvgIpc) is 2.42. The zero-order valence-electron chi connectivity index (χ0n) is 11.9. The van der Waals surface area contributed by atoms with Gasteiger partial charge < -0.3 is 15.0 Å². The highest BCUT2D eigenvalue weighted by Gasteiger charge is 2.04. The normalized spacial score (nSPS) is 12.2. The summed E-state index contributed by atoms with van der Waals surface area (Å²) in [6, 6.07) is 11.1. The third-order valence-corrected chi connectivity index (χ3v) is 3.21. The van der Waals surface area contributed by atoms with E-state index < -0.39 is 0 Å². The first-order valence-corrected chi connectivity index (χ1v) is 6.72. The van der Waals surface area contributed by atoms with Gasteiger partial charge in [0.25, 0.3) is 5.56 Å². The van der Waals surface area contributed by atoms with Gasteiger partial charge in [0.2, 0.25) is 0 Å². The Balaban J connectivity index is 1.98. The van der Waals surface area contributed by atoms with E-state index >= 15 is 0 Å². The van der Waals surface area contributed by atoms with Crippen LogP contribution in [0.15, 0.2) is 47.4 Å². The SMILES string of the molecule is Cc1cc([C@@H](C)N)ccc1OCCn1ccccc1=O. The Bertz CT molecular complexity index is 632. The number of aryl methyl sites for hydroxylation is 1. The van der Waals surface area contributed by atoms with Crippen molar-refractivity contribution in [2.24, 2.45) is 5.73 Å². The highest BCUT2D eigenvalue weighted by atomic mass is 16.5. The highest BCUT2D eigenvalue weighted by Crippen LogP contribution is 2.21. The lowest BCUT2D eigenvalue weighted by Gasteiger charge is -2.13. The molecule has 2 rings (SSSR count). The zero-order valence-corrected chi connectivity index (χ0v) is 11.9. The molecular weight excluding hydrogens is 252 g/mol. The van der Waals surface area contributed by atoms with Gasteiger partial charge >= 0.3 is 0 Å². The van der Waals surface area contributed by atoms with E-state index in [0.29, 0.717) is 13.2 Å². The summed E-state index contributed by atoms with van der Waals surface area (Å²) in [4.78, 5) is 11.5. The van der Waals surface area contributed by atoms with Crippen LogP contribution in [0.2, 0.25) is 0 Å². The second-order valence-electron chi connectivity index (χ2n) is 4.89. The van der Waals surface area contributed by atoms with Crippen LogP contribution in [0.3, 0.4) is 0 Å². The van der Waals surface area contributed by atoms with E-state index in [1.54, 1.807) is 22.9 Å². The van der Waals surface area contributed by atoms with Crippen molar-refractivity contribution in [3.63, 3.8) is 0 Å². The second kappa shape index (κ2) is 6.39. The van der Waals surface area contributed by atoms with Gasteiger partial charge in [0, 0.05) is 18.3 Å². The first-order chi connectivity index (χ1) is 9.58. The lowest BCUT2D eigenvalue weighted by molar-refractivity contribution is 0.294. The Morgan fingerprint density at radius 2 is 2.10 bits per heavy atom. The molecule has 0 aliphatic carbocycles. The minimum absolute atomic E-state index is 0.0138. The van der Waals surface area contributed by atoms with E-state index in [4.69, 9.17) is 10.5 Å². The molecule has 2 aromatic rings. The number of rotatable bonds is 5. The summed E-state index contributed by atoms with van der Waals surface area (Å²) in [7, 11) is 0. The Morgan fingerprint density at radius 1 is 1.30 bits per heavy atom. The van der Waals surface area contributed by atoms with Crippen LogP contribution in [0.25, 0.3) is 0 Å². The van der Waals surface area contributed by atoms with Crippen molar-refractivity contribution in [3.8, 4) is 5.75 Å². The molecule has 0 bridgehead atoms. The topological polar surface area (TPSA) is 57.2 Å². The fraction of sp³-hybridized carbons (Fsp3) is 0.312. The summed E-state index contributed by atoms with van der Waals surface area (Å²) in [5, 5.41) is 0. The van der Waals surface area contributed by atoms with Gasteiger partial charge in [0.15, 0.2) is 0 Å². The maximum absolute atomic E-state index is 11.5. The van der Waals surface area contributed by atoms with Crippen LogP contribution in [0, 0.1) is 6.92 Å². The summed E-state index contributed by atoms with van der Waals surface area (Å²) >= 11 is 0. The summed E-state index contributed by atoms with van der Waals surface area (Å²) in [5.74, 6) is 0.832. The molecule has 0 fully saturated rings. The molecule has 0 radical (unpaired) electrons. The number of hydrogen-bond acceptors (Lipinski definition) is 3. The Hall–Kier alpha value is -2.07. The van der Waals surface area contributed by atoms with Gasteiger partial charge in [-0.05, 0) is 37.1 Å². The van der Waals surface area contributed by atoms with Crippen LogP contribution in [-0.4, -0.2) is 11.2 Å². The molecule has 0 spiro atoms. The second-order valence-corrected chi connectivity index (χ2v) is 4.89. The van der Waals surface area contributed by atoms with Gasteiger partial charge in [-0.3, -0.25) is 4.79 Å². The van der Waals surface area contributed by atoms with Crippen molar-refractivity contribution < 1.29 is 4.74 Å². The Morgan fingerprint density at radius 3 is 2.75 bits per heavy atom. The van der Waals surface area contributed by atoms with E-state index in [2.05, 4.69) is 0 Å². The molecule has 1 aromatic carbocycles. The lowest BCUT2D eigenvalue weighted by Crippen LogP contribution is -2.21. The summed E-state index contributed by atoms with van der Waals surface area (Å²) in [6.45, 7) is 4.95. The minimum atomic E-state index is -0.0138. The third kappa shape index (κ3) is 3.48. The summed E-state index contributed by atoms with van der Waals surface area (Å²) in [6.07, 6.45) is 1.76. The monoisotopic (exact) mass is 272 g/mol. The van der Waals surface area contributed by atoms with Crippen molar-refractivity contribution in [3.05, 3.63) is 64.1 Å². The van der Waals surface area contributed by atoms with Gasteiger partial charge in [-0.25, -0.2) is 0 Å². The molecule has 0 saturated carbocycles. The van der Waals surface area contributed by atoms with E-state index in [-0.39, 0.29) is 11.6 Å². The molecule has 0 aliphatic heterocycles. The van der Waals surface area contributed by atoms with Crippen molar-refractivity contribution >= 4 is 0 Å². The van der Waals surface area contributed by atoms with E-state index in [9.17, 15) is 4.79 Å². The number of pyridine rings is 1. The molecule has 1 aromatic heterocycles. The molecule has 20 heavy (non-hydrogen) atoms. The number of nitrogens with zero attached hydrogens (tertiary/aromatic N) is 1. The van der Waals surface area contributed by atoms with Crippen LogP contribution in [0.5, 0.6) is 5.75 Å². The number of hydrogen-bond donors (Lipinski definition) is 1. The van der Waals surface area contributed by atoms with Gasteiger partial charge in [-0.15, -0.1) is 0 Å². The molecule has 0 saturated heterocycles. The first-order valence-electron chi connectivity index (χ1n) is 6.72. The predicted octanol–water partition coefficient (Wildman–Crippen LogP) is 2.26. The highest BCUT2D eigenvalue weighted by molar-refractivity contribution is 5.37. The molecular formula is C16H20N2O2. The Labute approximate surface area is 118 Å². The number of nitrogens with two attached hydrogens (primary N) is 1. The van der Waals surface area contributed by atoms with Crippen molar-refractivity contribution in [1.29, 1.82) is 0 Å². The maximum atomic E-state index is 11.5. The van der Waals surface area contributed by atoms with Gasteiger partial charge in [0.05, 0.1) is 6.54 Å². The van der Waals surface area contributed by atoms with Crippen molar-refractivity contribution in [1.82, 2.24) is 4.57 Å². The maximum Gasteiger partial charge on any atom is 0.250 e. The fourth-order valence-corrected chi connectivity index (χ4v) is 2.02. The smallest absolute Gasteiger partial charge is 0.250 e. The standard InChI is InChI=1S/C16H20N2O2/c1-12-11-14(13(2)17)6-7-15(12)20-10-9-18-8-4-3-5-16(18)19/h3-8,11,13H,9-10,17H2,1-2H3/t13-/m1/s1. The average molecular weight is 272 g/mol. The Kier molecular flexibility index (Phi) is 4.58. The molecule has 0 aliphatic rings. The molecule has 1 atom stereocenters.